The molecule has 1 heterocycles. The van der Waals surface area contributed by atoms with Crippen LogP contribution < -0.4 is 0 Å². The molecular weight excluding hydrogens is 210 g/mol. The zero-order valence-electron chi connectivity index (χ0n) is 9.43. The molecule has 5 nitrogen and oxygen atoms in total. The van der Waals surface area contributed by atoms with Crippen LogP contribution in [-0.2, 0) is 19.0 Å². The van der Waals surface area contributed by atoms with E-state index in [1.807, 2.05) is 0 Å². The lowest BCUT2D eigenvalue weighted by molar-refractivity contribution is -0.135. The Kier molecular flexibility index (Phi) is 5.28. The zero-order chi connectivity index (χ0) is 11.8. The molecule has 0 spiro atoms. The second-order valence-electron chi connectivity index (χ2n) is 3.04. The number of rotatable bonds is 4. The van der Waals surface area contributed by atoms with Crippen LogP contribution in [0.4, 0.5) is 0 Å². The molecule has 0 N–H and O–H groups in total. The fourth-order valence-electron chi connectivity index (χ4n) is 1.13. The second kappa shape index (κ2) is 6.79. The number of methoxy groups -OCH3 is 2. The maximum absolute atomic E-state index is 11.2. The monoisotopic (exact) mass is 225 g/mol. The fourth-order valence-corrected chi connectivity index (χ4v) is 1.13. The van der Waals surface area contributed by atoms with Gasteiger partial charge < -0.3 is 14.2 Å². The minimum atomic E-state index is -0.371. The van der Waals surface area contributed by atoms with Gasteiger partial charge in [0.25, 0.3) is 0 Å². The lowest BCUT2D eigenvalue weighted by atomic mass is 10.2. The molecule has 5 heteroatoms. The molecule has 16 heavy (non-hydrogen) atoms. The van der Waals surface area contributed by atoms with Crippen molar-refractivity contribution in [3.63, 3.8) is 0 Å². The highest BCUT2D eigenvalue weighted by Gasteiger charge is 2.09. The third kappa shape index (κ3) is 3.86. The molecule has 0 aromatic heterocycles. The molecular formula is C11H15NO4. The highest BCUT2D eigenvalue weighted by Crippen LogP contribution is 2.08. The maximum atomic E-state index is 11.2. The molecule has 0 aromatic carbocycles. The first-order chi connectivity index (χ1) is 7.77. The smallest absolute Gasteiger partial charge is 0.337 e. The fraction of sp³-hybridized carbons (Fsp3) is 0.455. The molecule has 0 fully saturated rings. The van der Waals surface area contributed by atoms with E-state index in [1.165, 1.54) is 13.3 Å². The topological polar surface area (TPSA) is 57.1 Å². The number of aliphatic imine (C=N–C) groups is 1. The zero-order valence-corrected chi connectivity index (χ0v) is 9.43. The van der Waals surface area contributed by atoms with E-state index < -0.39 is 0 Å². The van der Waals surface area contributed by atoms with Crippen molar-refractivity contribution in [3.05, 3.63) is 23.9 Å². The standard InChI is InChI=1S/C11H15NO4/c1-14-7-8-16-10-4-3-9(5-6-12-10)11(13)15-2/h3,5-6H,4,7-8H2,1-2H3. The van der Waals surface area contributed by atoms with E-state index in [4.69, 9.17) is 9.47 Å². The third-order valence-corrected chi connectivity index (χ3v) is 1.95. The van der Waals surface area contributed by atoms with Crippen LogP contribution in [0.3, 0.4) is 0 Å². The first-order valence-corrected chi connectivity index (χ1v) is 4.91. The number of nitrogens with zero attached hydrogens (tertiary/aromatic N) is 1. The first kappa shape index (κ1) is 12.4. The van der Waals surface area contributed by atoms with Crippen molar-refractivity contribution in [2.24, 2.45) is 4.99 Å². The molecule has 1 aliphatic rings. The van der Waals surface area contributed by atoms with Gasteiger partial charge in [0.1, 0.15) is 6.61 Å². The van der Waals surface area contributed by atoms with Crippen molar-refractivity contribution in [1.82, 2.24) is 0 Å². The van der Waals surface area contributed by atoms with Gasteiger partial charge in [0.15, 0.2) is 5.90 Å². The molecule has 1 aliphatic heterocycles. The van der Waals surface area contributed by atoms with Gasteiger partial charge in [-0.2, -0.15) is 0 Å². The van der Waals surface area contributed by atoms with Crippen LogP contribution in [0.25, 0.3) is 0 Å². The molecule has 0 radical (unpaired) electrons. The van der Waals surface area contributed by atoms with Gasteiger partial charge in [-0.05, 0) is 6.08 Å². The van der Waals surface area contributed by atoms with Gasteiger partial charge in [0.05, 0.1) is 19.3 Å². The van der Waals surface area contributed by atoms with Crippen molar-refractivity contribution < 1.29 is 19.0 Å². The van der Waals surface area contributed by atoms with Gasteiger partial charge in [0.2, 0.25) is 0 Å². The normalized spacial score (nSPS) is 14.9. The van der Waals surface area contributed by atoms with Gasteiger partial charge >= 0.3 is 5.97 Å². The van der Waals surface area contributed by atoms with Crippen LogP contribution >= 0.6 is 0 Å². The maximum Gasteiger partial charge on any atom is 0.337 e. The Morgan fingerprint density at radius 2 is 2.25 bits per heavy atom. The Labute approximate surface area is 94.4 Å². The summed E-state index contributed by atoms with van der Waals surface area (Å²) >= 11 is 0. The van der Waals surface area contributed by atoms with Gasteiger partial charge in [0, 0.05) is 19.7 Å². The van der Waals surface area contributed by atoms with E-state index in [0.717, 1.165) is 0 Å². The Balaban J connectivity index is 2.50. The highest BCUT2D eigenvalue weighted by atomic mass is 16.5. The summed E-state index contributed by atoms with van der Waals surface area (Å²) in [5.74, 6) is 0.191. The van der Waals surface area contributed by atoms with E-state index in [2.05, 4.69) is 9.73 Å². The molecule has 1 rings (SSSR count). The summed E-state index contributed by atoms with van der Waals surface area (Å²) in [5.41, 5.74) is 0.483. The molecule has 0 saturated carbocycles. The molecule has 88 valence electrons. The quantitative estimate of drug-likeness (QED) is 0.530. The van der Waals surface area contributed by atoms with Crippen LogP contribution in [0.5, 0.6) is 0 Å². The average Bonchev–Trinajstić information content (AvgIpc) is 2.54. The summed E-state index contributed by atoms with van der Waals surface area (Å²) in [6.45, 7) is 0.959. The summed E-state index contributed by atoms with van der Waals surface area (Å²) in [6.07, 6.45) is 5.32. The van der Waals surface area contributed by atoms with Crippen LogP contribution in [-0.4, -0.2) is 39.3 Å². The number of ether oxygens (including phenoxy) is 3. The number of carbonyl (C=O) groups is 1. The van der Waals surface area contributed by atoms with Crippen LogP contribution in [0.15, 0.2) is 28.9 Å². The SMILES string of the molecule is COCCOC1=NC=CC(C(=O)OC)=CC1. The third-order valence-electron chi connectivity index (χ3n) is 1.95. The summed E-state index contributed by atoms with van der Waals surface area (Å²) < 4.78 is 14.8. The number of hydrogen-bond acceptors (Lipinski definition) is 5. The van der Waals surface area contributed by atoms with Crippen molar-refractivity contribution in [3.8, 4) is 0 Å². The highest BCUT2D eigenvalue weighted by molar-refractivity contribution is 5.93. The molecule has 0 bridgehead atoms. The molecule has 0 saturated heterocycles. The number of carbonyl (C=O) groups excluding carboxylic acids is 1. The van der Waals surface area contributed by atoms with Crippen LogP contribution in [0, 0.1) is 0 Å². The van der Waals surface area contributed by atoms with Crippen molar-refractivity contribution in [2.75, 3.05) is 27.4 Å². The van der Waals surface area contributed by atoms with Crippen molar-refractivity contribution >= 4 is 11.9 Å². The predicted octanol–water partition coefficient (Wildman–Crippen LogP) is 1.06. The van der Waals surface area contributed by atoms with Gasteiger partial charge in [-0.25, -0.2) is 9.79 Å². The van der Waals surface area contributed by atoms with E-state index in [9.17, 15) is 4.79 Å². The molecule has 0 atom stereocenters. The van der Waals surface area contributed by atoms with E-state index in [1.54, 1.807) is 19.3 Å². The second-order valence-corrected chi connectivity index (χ2v) is 3.04. The lowest BCUT2D eigenvalue weighted by Crippen LogP contribution is -2.09. The van der Waals surface area contributed by atoms with E-state index in [0.29, 0.717) is 31.1 Å². The minimum Gasteiger partial charge on any atom is -0.478 e. The molecule has 0 aromatic rings. The number of esters is 1. The van der Waals surface area contributed by atoms with E-state index >= 15 is 0 Å². The minimum absolute atomic E-state index is 0.371. The summed E-state index contributed by atoms with van der Waals surface area (Å²) in [7, 11) is 2.95. The first-order valence-electron chi connectivity index (χ1n) is 4.91. The van der Waals surface area contributed by atoms with Crippen LogP contribution in [0.1, 0.15) is 6.42 Å². The van der Waals surface area contributed by atoms with Gasteiger partial charge in [-0.15, -0.1) is 0 Å². The predicted molar refractivity (Wildman–Crippen MR) is 59.1 cm³/mol. The van der Waals surface area contributed by atoms with Gasteiger partial charge in [-0.1, -0.05) is 6.08 Å². The Bertz CT molecular complexity index is 331. The Morgan fingerprint density at radius 1 is 1.44 bits per heavy atom. The Morgan fingerprint density at radius 3 is 2.94 bits per heavy atom. The van der Waals surface area contributed by atoms with Crippen LogP contribution in [0.2, 0.25) is 0 Å². The largest absolute Gasteiger partial charge is 0.478 e. The van der Waals surface area contributed by atoms with Crippen molar-refractivity contribution in [1.29, 1.82) is 0 Å². The lowest BCUT2D eigenvalue weighted by Gasteiger charge is -2.05. The molecule has 0 amide bonds. The number of hydrogen-bond donors (Lipinski definition) is 0. The Hall–Kier alpha value is -1.62. The van der Waals surface area contributed by atoms with Crippen molar-refractivity contribution in [2.45, 2.75) is 6.42 Å². The summed E-state index contributed by atoms with van der Waals surface area (Å²) in [5, 5.41) is 0. The molecule has 0 aliphatic carbocycles. The molecule has 0 unspecified atom stereocenters. The summed E-state index contributed by atoms with van der Waals surface area (Å²) in [6, 6.07) is 0. The summed E-state index contributed by atoms with van der Waals surface area (Å²) in [4.78, 5) is 15.3. The van der Waals surface area contributed by atoms with E-state index in [-0.39, 0.29) is 5.97 Å². The van der Waals surface area contributed by atoms with Gasteiger partial charge in [-0.3, -0.25) is 0 Å². The average molecular weight is 225 g/mol.